The fourth-order valence-corrected chi connectivity index (χ4v) is 21.1. The molecule has 0 aliphatic heterocycles. The van der Waals surface area contributed by atoms with E-state index in [0.717, 1.165) is 17.8 Å². The molecule has 0 N–H and O–H groups in total. The van der Waals surface area contributed by atoms with Crippen LogP contribution in [0.4, 0.5) is 0 Å². The van der Waals surface area contributed by atoms with Crippen molar-refractivity contribution in [3.63, 3.8) is 0 Å². The number of benzene rings is 3. The van der Waals surface area contributed by atoms with Gasteiger partial charge < -0.3 is 24.8 Å². The Morgan fingerprint density at radius 1 is 0.706 bits per heavy atom. The SMILES string of the molecule is CC1=[C](/[Zr+2](=[C](/C)c2ccc(C)cc2)[CH]2c3cc(C(C)(C)C)ccc3-c3ccc(C(C)(C)C)cc32)C(C)C=C1CC12CC3CC(CC(C3)C1)C2.[Cl-].[Cl-]. The van der Waals surface area contributed by atoms with Crippen LogP contribution in [0.25, 0.3) is 11.1 Å². The standard InChI is InChI=1S/C21H25.C18H25.C9H10.2ClH.Zr/c1-20(2,3)16-7-9-18-14(12-16)11-15-13-17(21(4,5)6)8-10-19(15)18;1-12-3-13(2)17(4-12)11-18-8-14-5-15(9-18)7-16(6-14)10-18;1-3-9-6-4-8(2)5-7-9;;;/h7-13H,1-6H3;4,12,14-16H,5-11H2,1-2H3;4-7H,1-2H3;2*1H;/q;;;;;+2/p-2. The molecule has 9 rings (SSSR count). The van der Waals surface area contributed by atoms with Crippen molar-refractivity contribution in [3.8, 4) is 11.1 Å². The number of hydrogen-bond acceptors (Lipinski definition) is 0. The number of rotatable bonds is 5. The Kier molecular flexibility index (Phi) is 10.7. The summed E-state index contributed by atoms with van der Waals surface area (Å²) < 4.78 is 4.09. The number of allylic oxidation sites excluding steroid dienone is 4. The molecule has 51 heavy (non-hydrogen) atoms. The molecule has 6 aliphatic rings. The number of aryl methyl sites for hydroxylation is 1. The van der Waals surface area contributed by atoms with Gasteiger partial charge in [-0.05, 0) is 0 Å². The molecule has 3 aromatic carbocycles. The Hall–Kier alpha value is -1.53. The van der Waals surface area contributed by atoms with Gasteiger partial charge in [0.2, 0.25) is 0 Å². The summed E-state index contributed by atoms with van der Waals surface area (Å²) in [5.74, 6) is 3.57. The van der Waals surface area contributed by atoms with Gasteiger partial charge in [-0.3, -0.25) is 0 Å². The predicted octanol–water partition coefficient (Wildman–Crippen LogP) is 6.98. The first-order valence-corrected chi connectivity index (χ1v) is 23.5. The molecule has 0 spiro atoms. The molecular formula is C48H60Cl2Zr. The van der Waals surface area contributed by atoms with Crippen molar-refractivity contribution < 1.29 is 46.1 Å². The first kappa shape index (κ1) is 39.2. The van der Waals surface area contributed by atoms with Crippen LogP contribution in [0.2, 0.25) is 0 Å². The van der Waals surface area contributed by atoms with Crippen LogP contribution in [0.5, 0.6) is 0 Å². The zero-order valence-corrected chi connectivity index (χ0v) is 36.9. The second-order valence-corrected chi connectivity index (χ2v) is 26.2. The van der Waals surface area contributed by atoms with Crippen LogP contribution in [0.15, 0.2) is 81.2 Å². The van der Waals surface area contributed by atoms with E-state index < -0.39 is 21.3 Å². The van der Waals surface area contributed by atoms with E-state index in [-0.39, 0.29) is 35.6 Å². The summed E-state index contributed by atoms with van der Waals surface area (Å²) in [6, 6.07) is 24.7. The van der Waals surface area contributed by atoms with E-state index in [1.54, 1.807) is 25.5 Å². The van der Waals surface area contributed by atoms with E-state index in [2.05, 4.69) is 136 Å². The number of halogens is 2. The first-order chi connectivity index (χ1) is 23.1. The van der Waals surface area contributed by atoms with E-state index in [4.69, 9.17) is 0 Å². The molecule has 4 fully saturated rings. The Bertz CT molecular complexity index is 1820. The molecule has 1 atom stereocenters. The summed E-state index contributed by atoms with van der Waals surface area (Å²) in [6.45, 7) is 24.3. The van der Waals surface area contributed by atoms with Gasteiger partial charge in [0, 0.05) is 0 Å². The predicted molar refractivity (Wildman–Crippen MR) is 207 cm³/mol. The molecule has 270 valence electrons. The third-order valence-electron chi connectivity index (χ3n) is 13.7. The Balaban J connectivity index is 0.00000224. The normalized spacial score (nSPS) is 26.7. The molecule has 6 aliphatic carbocycles. The van der Waals surface area contributed by atoms with E-state index in [9.17, 15) is 0 Å². The van der Waals surface area contributed by atoms with Crippen molar-refractivity contribution in [2.45, 2.75) is 129 Å². The van der Waals surface area contributed by atoms with Crippen molar-refractivity contribution >= 4 is 3.21 Å². The minimum atomic E-state index is -2.67. The molecule has 1 unspecified atom stereocenters. The number of fused-ring (bicyclic) bond motifs is 3. The fraction of sp³-hybridized carbons (Fsp3) is 0.521. The van der Waals surface area contributed by atoms with Crippen molar-refractivity contribution in [2.24, 2.45) is 29.1 Å². The van der Waals surface area contributed by atoms with Crippen LogP contribution >= 0.6 is 0 Å². The smallest absolute Gasteiger partial charge is 1.00 e. The second-order valence-electron chi connectivity index (χ2n) is 19.6. The largest absolute Gasteiger partial charge is 1.00 e. The van der Waals surface area contributed by atoms with Gasteiger partial charge >= 0.3 is 308 Å². The maximum Gasteiger partial charge on any atom is -1.00 e. The van der Waals surface area contributed by atoms with Crippen molar-refractivity contribution in [3.05, 3.63) is 115 Å². The van der Waals surface area contributed by atoms with E-state index in [1.807, 2.05) is 3.28 Å². The van der Waals surface area contributed by atoms with Gasteiger partial charge in [-0.15, -0.1) is 0 Å². The molecule has 4 bridgehead atoms. The first-order valence-electron chi connectivity index (χ1n) is 19.6. The van der Waals surface area contributed by atoms with Crippen molar-refractivity contribution in [1.29, 1.82) is 0 Å². The van der Waals surface area contributed by atoms with Gasteiger partial charge in [0.15, 0.2) is 0 Å². The minimum Gasteiger partial charge on any atom is -1.00 e. The summed E-state index contributed by atoms with van der Waals surface area (Å²) in [5, 5.41) is 0. The second kappa shape index (κ2) is 14.0. The summed E-state index contributed by atoms with van der Waals surface area (Å²) >= 11 is -2.67. The molecule has 0 nitrogen and oxygen atoms in total. The summed E-state index contributed by atoms with van der Waals surface area (Å²) in [6.07, 6.45) is 13.2. The van der Waals surface area contributed by atoms with Crippen molar-refractivity contribution in [1.82, 2.24) is 0 Å². The third kappa shape index (κ3) is 6.98. The van der Waals surface area contributed by atoms with Gasteiger partial charge in [-0.1, -0.05) is 0 Å². The third-order valence-corrected chi connectivity index (χ3v) is 22.8. The van der Waals surface area contributed by atoms with Gasteiger partial charge in [-0.25, -0.2) is 0 Å². The van der Waals surface area contributed by atoms with E-state index in [0.29, 0.717) is 15.0 Å². The van der Waals surface area contributed by atoms with Crippen LogP contribution in [-0.2, 0) is 32.1 Å². The maximum absolute atomic E-state index is 2.78. The van der Waals surface area contributed by atoms with Crippen molar-refractivity contribution in [2.75, 3.05) is 0 Å². The Morgan fingerprint density at radius 3 is 1.63 bits per heavy atom. The van der Waals surface area contributed by atoms with E-state index in [1.165, 1.54) is 78.3 Å². The Morgan fingerprint density at radius 2 is 1.18 bits per heavy atom. The molecule has 4 saturated carbocycles. The van der Waals surface area contributed by atoms with Crippen LogP contribution in [0, 0.1) is 36.0 Å². The monoisotopic (exact) mass is 796 g/mol. The molecule has 0 saturated heterocycles. The summed E-state index contributed by atoms with van der Waals surface area (Å²) in [7, 11) is 0. The van der Waals surface area contributed by atoms with E-state index >= 15 is 0 Å². The van der Waals surface area contributed by atoms with Gasteiger partial charge in [0.05, 0.1) is 0 Å². The van der Waals surface area contributed by atoms with Crippen LogP contribution < -0.4 is 24.8 Å². The molecule has 3 heteroatoms. The molecule has 0 radical (unpaired) electrons. The van der Waals surface area contributed by atoms with Crippen LogP contribution in [-0.4, -0.2) is 3.21 Å². The Labute approximate surface area is 330 Å². The molecule has 0 heterocycles. The molecule has 0 aromatic heterocycles. The van der Waals surface area contributed by atoms with Gasteiger partial charge in [0.1, 0.15) is 0 Å². The topological polar surface area (TPSA) is 0 Å². The van der Waals surface area contributed by atoms with Gasteiger partial charge in [-0.2, -0.15) is 0 Å². The van der Waals surface area contributed by atoms with Crippen LogP contribution in [0.1, 0.15) is 144 Å². The average Bonchev–Trinajstić information content (AvgIpc) is 3.48. The zero-order valence-electron chi connectivity index (χ0n) is 32.9. The number of hydrogen-bond donors (Lipinski definition) is 0. The minimum absolute atomic E-state index is 0. The quantitative estimate of drug-likeness (QED) is 0.262. The zero-order chi connectivity index (χ0) is 34.6. The molecule has 3 aromatic rings. The summed E-state index contributed by atoms with van der Waals surface area (Å²) in [5.41, 5.74) is 16.3. The maximum atomic E-state index is 2.78. The molecular weight excluding hydrogens is 739 g/mol. The van der Waals surface area contributed by atoms with Crippen LogP contribution in [0.3, 0.4) is 0 Å². The summed E-state index contributed by atoms with van der Waals surface area (Å²) in [4.78, 5) is 0. The average molecular weight is 799 g/mol. The van der Waals surface area contributed by atoms with Gasteiger partial charge in [0.25, 0.3) is 0 Å². The molecule has 0 amide bonds. The fourth-order valence-electron chi connectivity index (χ4n) is 11.6.